The van der Waals surface area contributed by atoms with E-state index in [9.17, 15) is 0 Å². The lowest BCUT2D eigenvalue weighted by molar-refractivity contribution is 0.598. The van der Waals surface area contributed by atoms with Gasteiger partial charge in [-0.05, 0) is 31.2 Å². The lowest BCUT2D eigenvalue weighted by atomic mass is 10.1. The fraction of sp³-hybridized carbons (Fsp3) is 0.538. The molecule has 1 rings (SSSR count). The van der Waals surface area contributed by atoms with E-state index in [4.69, 9.17) is 11.6 Å². The third-order valence-corrected chi connectivity index (χ3v) is 3.84. The number of nitrogens with one attached hydrogen (secondary N) is 1. The van der Waals surface area contributed by atoms with E-state index >= 15 is 0 Å². The molecule has 0 bridgehead atoms. The number of thioether (sulfide) groups is 1. The van der Waals surface area contributed by atoms with Gasteiger partial charge in [0, 0.05) is 16.2 Å². The topological polar surface area (TPSA) is 12.0 Å². The third kappa shape index (κ3) is 4.00. The molecule has 1 nitrogen and oxygen atoms in total. The second kappa shape index (κ2) is 6.53. The normalized spacial score (nSPS) is 13.1. The maximum atomic E-state index is 6.27. The SMILES string of the molecule is CCNC(C)c1ccc(SC(C)C)c(Cl)c1. The van der Waals surface area contributed by atoms with E-state index in [2.05, 4.69) is 51.2 Å². The summed E-state index contributed by atoms with van der Waals surface area (Å²) in [4.78, 5) is 1.17. The fourth-order valence-corrected chi connectivity index (χ4v) is 2.71. The molecule has 16 heavy (non-hydrogen) atoms. The maximum Gasteiger partial charge on any atom is 0.0545 e. The van der Waals surface area contributed by atoms with Gasteiger partial charge in [0.2, 0.25) is 0 Å². The smallest absolute Gasteiger partial charge is 0.0545 e. The molecule has 0 saturated carbocycles. The highest BCUT2D eigenvalue weighted by atomic mass is 35.5. The summed E-state index contributed by atoms with van der Waals surface area (Å²) in [7, 11) is 0. The van der Waals surface area contributed by atoms with Gasteiger partial charge in [-0.3, -0.25) is 0 Å². The third-order valence-electron chi connectivity index (χ3n) is 2.33. The molecule has 0 aromatic heterocycles. The van der Waals surface area contributed by atoms with E-state index in [-0.39, 0.29) is 0 Å². The van der Waals surface area contributed by atoms with Gasteiger partial charge in [-0.1, -0.05) is 38.4 Å². The molecular weight excluding hydrogens is 238 g/mol. The summed E-state index contributed by atoms with van der Waals surface area (Å²) >= 11 is 8.08. The monoisotopic (exact) mass is 257 g/mol. The van der Waals surface area contributed by atoms with Gasteiger partial charge in [0.25, 0.3) is 0 Å². The van der Waals surface area contributed by atoms with Crippen LogP contribution in [-0.4, -0.2) is 11.8 Å². The van der Waals surface area contributed by atoms with Crippen LogP contribution in [0.25, 0.3) is 0 Å². The first-order valence-corrected chi connectivity index (χ1v) is 6.99. The predicted octanol–water partition coefficient (Wildman–Crippen LogP) is 4.51. The molecule has 0 aliphatic carbocycles. The van der Waals surface area contributed by atoms with E-state index in [0.29, 0.717) is 11.3 Å². The average Bonchev–Trinajstić information content (AvgIpc) is 2.20. The average molecular weight is 258 g/mol. The van der Waals surface area contributed by atoms with Gasteiger partial charge in [0.05, 0.1) is 5.02 Å². The van der Waals surface area contributed by atoms with Crippen molar-refractivity contribution in [3.8, 4) is 0 Å². The molecule has 0 amide bonds. The Hall–Kier alpha value is -0.180. The van der Waals surface area contributed by atoms with Crippen molar-refractivity contribution in [2.24, 2.45) is 0 Å². The molecule has 0 saturated heterocycles. The summed E-state index contributed by atoms with van der Waals surface area (Å²) in [6.07, 6.45) is 0. The Kier molecular flexibility index (Phi) is 5.67. The Bertz CT molecular complexity index is 339. The van der Waals surface area contributed by atoms with E-state index in [1.807, 2.05) is 0 Å². The Balaban J connectivity index is 2.82. The summed E-state index contributed by atoms with van der Waals surface area (Å²) in [5, 5.41) is 4.81. The lowest BCUT2D eigenvalue weighted by Gasteiger charge is -2.14. The van der Waals surface area contributed by atoms with Crippen molar-refractivity contribution < 1.29 is 0 Å². The molecule has 1 atom stereocenters. The molecule has 3 heteroatoms. The molecule has 1 aromatic rings. The predicted molar refractivity (Wildman–Crippen MR) is 74.5 cm³/mol. The van der Waals surface area contributed by atoms with Crippen molar-refractivity contribution in [1.29, 1.82) is 0 Å². The minimum absolute atomic E-state index is 0.362. The van der Waals surface area contributed by atoms with Crippen LogP contribution in [0.4, 0.5) is 0 Å². The maximum absolute atomic E-state index is 6.27. The second-order valence-electron chi connectivity index (χ2n) is 4.14. The summed E-state index contributed by atoms with van der Waals surface area (Å²) in [5.41, 5.74) is 1.25. The number of hydrogen-bond donors (Lipinski definition) is 1. The quantitative estimate of drug-likeness (QED) is 0.779. The molecule has 90 valence electrons. The van der Waals surface area contributed by atoms with Crippen molar-refractivity contribution >= 4 is 23.4 Å². The van der Waals surface area contributed by atoms with Gasteiger partial charge in [-0.15, -0.1) is 11.8 Å². The Morgan fingerprint density at radius 1 is 1.31 bits per heavy atom. The second-order valence-corrected chi connectivity index (χ2v) is 6.16. The largest absolute Gasteiger partial charge is 0.310 e. The van der Waals surface area contributed by atoms with Gasteiger partial charge in [-0.25, -0.2) is 0 Å². The van der Waals surface area contributed by atoms with Gasteiger partial charge < -0.3 is 5.32 Å². The molecule has 1 unspecified atom stereocenters. The van der Waals surface area contributed by atoms with Crippen LogP contribution in [0.3, 0.4) is 0 Å². The first-order chi connectivity index (χ1) is 7.54. The van der Waals surface area contributed by atoms with Crippen molar-refractivity contribution in [3.63, 3.8) is 0 Å². The number of benzene rings is 1. The minimum atomic E-state index is 0.362. The van der Waals surface area contributed by atoms with Crippen LogP contribution in [0.15, 0.2) is 23.1 Å². The molecule has 0 fully saturated rings. The first kappa shape index (κ1) is 13.9. The highest BCUT2D eigenvalue weighted by Crippen LogP contribution is 2.32. The molecule has 0 aliphatic heterocycles. The zero-order valence-electron chi connectivity index (χ0n) is 10.4. The van der Waals surface area contributed by atoms with Crippen LogP contribution in [0.1, 0.15) is 39.3 Å². The molecule has 1 aromatic carbocycles. The van der Waals surface area contributed by atoms with Gasteiger partial charge in [0.15, 0.2) is 0 Å². The zero-order chi connectivity index (χ0) is 12.1. The van der Waals surface area contributed by atoms with Crippen LogP contribution >= 0.6 is 23.4 Å². The highest BCUT2D eigenvalue weighted by Gasteiger charge is 2.08. The minimum Gasteiger partial charge on any atom is -0.310 e. The van der Waals surface area contributed by atoms with Gasteiger partial charge in [-0.2, -0.15) is 0 Å². The van der Waals surface area contributed by atoms with Crippen LogP contribution in [0.2, 0.25) is 5.02 Å². The molecule has 1 N–H and O–H groups in total. The Labute approximate surface area is 108 Å². The van der Waals surface area contributed by atoms with Crippen molar-refractivity contribution in [3.05, 3.63) is 28.8 Å². The van der Waals surface area contributed by atoms with Gasteiger partial charge in [0.1, 0.15) is 0 Å². The molecule has 0 spiro atoms. The van der Waals surface area contributed by atoms with Crippen LogP contribution < -0.4 is 5.32 Å². The Morgan fingerprint density at radius 3 is 2.50 bits per heavy atom. The summed E-state index contributed by atoms with van der Waals surface area (Å²) in [6.45, 7) is 9.60. The standard InChI is InChI=1S/C13H20ClNS/c1-5-15-10(4)11-6-7-13(12(14)8-11)16-9(2)3/h6-10,15H,5H2,1-4H3. The molecular formula is C13H20ClNS. The van der Waals surface area contributed by atoms with Crippen LogP contribution in [-0.2, 0) is 0 Å². The Morgan fingerprint density at radius 2 is 2.00 bits per heavy atom. The molecule has 0 radical (unpaired) electrons. The van der Waals surface area contributed by atoms with E-state index < -0.39 is 0 Å². The number of rotatable bonds is 5. The van der Waals surface area contributed by atoms with Crippen molar-refractivity contribution in [2.75, 3.05) is 6.54 Å². The van der Waals surface area contributed by atoms with Crippen LogP contribution in [0.5, 0.6) is 0 Å². The zero-order valence-corrected chi connectivity index (χ0v) is 12.0. The van der Waals surface area contributed by atoms with E-state index in [1.54, 1.807) is 11.8 Å². The molecule has 0 aliphatic rings. The summed E-state index contributed by atoms with van der Waals surface area (Å²) in [5.74, 6) is 0. The number of halogens is 1. The van der Waals surface area contributed by atoms with Gasteiger partial charge >= 0.3 is 0 Å². The van der Waals surface area contributed by atoms with Crippen molar-refractivity contribution in [1.82, 2.24) is 5.32 Å². The fourth-order valence-electron chi connectivity index (χ4n) is 1.56. The lowest BCUT2D eigenvalue weighted by Crippen LogP contribution is -2.17. The van der Waals surface area contributed by atoms with E-state index in [0.717, 1.165) is 11.6 Å². The summed E-state index contributed by atoms with van der Waals surface area (Å²) < 4.78 is 0. The van der Waals surface area contributed by atoms with Crippen LogP contribution in [0, 0.1) is 0 Å². The highest BCUT2D eigenvalue weighted by molar-refractivity contribution is 8.00. The van der Waals surface area contributed by atoms with Crippen molar-refractivity contribution in [2.45, 2.75) is 43.9 Å². The molecule has 0 heterocycles. The number of hydrogen-bond acceptors (Lipinski definition) is 2. The first-order valence-electron chi connectivity index (χ1n) is 5.74. The van der Waals surface area contributed by atoms with E-state index in [1.165, 1.54) is 10.5 Å². The summed E-state index contributed by atoms with van der Waals surface area (Å²) in [6, 6.07) is 6.71.